The third kappa shape index (κ3) is 5.32. The van der Waals surface area contributed by atoms with Gasteiger partial charge in [0.05, 0.1) is 16.3 Å². The van der Waals surface area contributed by atoms with Crippen molar-refractivity contribution in [2.24, 2.45) is 0 Å². The second-order valence-corrected chi connectivity index (χ2v) is 20.3. The topological polar surface area (TPSA) is 3.24 Å². The van der Waals surface area contributed by atoms with Crippen molar-refractivity contribution in [3.63, 3.8) is 0 Å². The van der Waals surface area contributed by atoms with E-state index in [-0.39, 0.29) is 40.8 Å². The molecule has 15 rings (SSSR count). The quantitative estimate of drug-likeness (QED) is 0.161. The van der Waals surface area contributed by atoms with Crippen molar-refractivity contribution in [1.29, 1.82) is 0 Å². The summed E-state index contributed by atoms with van der Waals surface area (Å²) in [6.45, 7) is 4.53. The molecule has 4 aliphatic rings. The summed E-state index contributed by atoms with van der Waals surface area (Å²) in [6, 6.07) is 83.5. The molecule has 0 unspecified atom stereocenters. The lowest BCUT2D eigenvalue weighted by molar-refractivity contribution is 0.660. The zero-order chi connectivity index (χ0) is 51.2. The summed E-state index contributed by atoms with van der Waals surface area (Å²) in [7, 11) is 0. The standard InChI is InChI=1S/C71H49N/c1-69(2)60-30-14-9-24-53(60)57-42-40-50(44-66(57)69)72(51-41-43-58-56-27-12-17-33-63(56)71(67(58)45-51)61-31-15-10-25-54(61)55-26-11-16-32-62(55)71)49-38-36-46(37-39-49)52-29-19-35-65-68(52)59-28-13-18-34-64(59)70(65,47-20-5-3-6-21-47)48-22-7-4-8-23-48/h3-45H,1-2H3/i36D,37D,38D,39D. The van der Waals surface area contributed by atoms with Crippen molar-refractivity contribution in [3.05, 3.63) is 316 Å². The smallest absolute Gasteiger partial charge is 0.0726 e. The Labute approximate surface area is 427 Å². The van der Waals surface area contributed by atoms with E-state index < -0.39 is 10.8 Å². The van der Waals surface area contributed by atoms with Crippen molar-refractivity contribution in [2.45, 2.75) is 30.1 Å². The first kappa shape index (κ1) is 37.1. The molecule has 0 radical (unpaired) electrons. The normalized spacial score (nSPS) is 15.6. The molecule has 0 saturated carbocycles. The summed E-state index contributed by atoms with van der Waals surface area (Å²) >= 11 is 0. The molecule has 0 N–H and O–H groups in total. The molecule has 0 atom stereocenters. The molecule has 4 aliphatic carbocycles. The van der Waals surface area contributed by atoms with Crippen LogP contribution in [0.25, 0.3) is 55.6 Å². The van der Waals surface area contributed by atoms with Gasteiger partial charge in [0.15, 0.2) is 0 Å². The van der Waals surface area contributed by atoms with Gasteiger partial charge in [-0.25, -0.2) is 0 Å². The zero-order valence-corrected chi connectivity index (χ0v) is 40.0. The van der Waals surface area contributed by atoms with E-state index in [1.54, 1.807) is 0 Å². The van der Waals surface area contributed by atoms with Crippen molar-refractivity contribution >= 4 is 17.1 Å². The molecule has 1 nitrogen and oxygen atoms in total. The van der Waals surface area contributed by atoms with Gasteiger partial charge < -0.3 is 4.90 Å². The summed E-state index contributed by atoms with van der Waals surface area (Å²) in [6.07, 6.45) is 0. The van der Waals surface area contributed by atoms with Crippen LogP contribution < -0.4 is 4.90 Å². The number of benzene rings is 11. The summed E-state index contributed by atoms with van der Waals surface area (Å²) in [5.74, 6) is 0. The Morgan fingerprint density at radius 1 is 0.292 bits per heavy atom. The highest BCUT2D eigenvalue weighted by Crippen LogP contribution is 2.64. The van der Waals surface area contributed by atoms with Gasteiger partial charge in [0, 0.05) is 22.5 Å². The number of hydrogen-bond acceptors (Lipinski definition) is 1. The summed E-state index contributed by atoms with van der Waals surface area (Å²) in [4.78, 5) is 2.01. The zero-order valence-electron chi connectivity index (χ0n) is 44.0. The Kier molecular flexibility index (Phi) is 7.79. The Bertz CT molecular complexity index is 4140. The highest BCUT2D eigenvalue weighted by Gasteiger charge is 2.52. The molecule has 1 heteroatoms. The fourth-order valence-corrected chi connectivity index (χ4v) is 13.7. The average molecular weight is 920 g/mol. The van der Waals surface area contributed by atoms with Crippen molar-refractivity contribution in [2.75, 3.05) is 4.90 Å². The number of hydrogen-bond donors (Lipinski definition) is 0. The lowest BCUT2D eigenvalue weighted by Gasteiger charge is -2.34. The van der Waals surface area contributed by atoms with Crippen LogP contribution in [0.5, 0.6) is 0 Å². The molecular formula is C71H49N. The fraction of sp³-hybridized carbons (Fsp3) is 0.0704. The van der Waals surface area contributed by atoms with Crippen LogP contribution in [0.2, 0.25) is 0 Å². The second kappa shape index (κ2) is 15.1. The van der Waals surface area contributed by atoms with Gasteiger partial charge in [0.2, 0.25) is 0 Å². The summed E-state index contributed by atoms with van der Waals surface area (Å²) in [5.41, 5.74) is 21.5. The first-order valence-corrected chi connectivity index (χ1v) is 25.1. The third-order valence-corrected chi connectivity index (χ3v) is 16.7. The first-order chi connectivity index (χ1) is 37.2. The Hall–Kier alpha value is -8.78. The number of anilines is 3. The van der Waals surface area contributed by atoms with E-state index in [0.717, 1.165) is 67.0 Å². The molecule has 11 aromatic carbocycles. The minimum Gasteiger partial charge on any atom is -0.310 e. The van der Waals surface area contributed by atoms with Gasteiger partial charge in [-0.2, -0.15) is 0 Å². The predicted octanol–water partition coefficient (Wildman–Crippen LogP) is 17.8. The van der Waals surface area contributed by atoms with E-state index in [9.17, 15) is 5.48 Å². The molecule has 0 aromatic heterocycles. The molecule has 11 aromatic rings. The molecule has 0 saturated heterocycles. The monoisotopic (exact) mass is 919 g/mol. The predicted molar refractivity (Wildman–Crippen MR) is 298 cm³/mol. The van der Waals surface area contributed by atoms with E-state index in [1.165, 1.54) is 44.5 Å². The average Bonchev–Trinajstić information content (AvgIpc) is 4.34. The lowest BCUT2D eigenvalue weighted by atomic mass is 9.67. The van der Waals surface area contributed by atoms with E-state index in [1.807, 2.05) is 29.2 Å². The Morgan fingerprint density at radius 2 is 0.681 bits per heavy atom. The van der Waals surface area contributed by atoms with Crippen LogP contribution >= 0.6 is 0 Å². The SMILES string of the molecule is [2H]c1c([2H])c(N(c2ccc3c(c2)C(C)(C)c2ccccc2-3)c2ccc3c(c2)C2(c4ccccc4-c4ccccc42)c2ccccc2-3)c([2H])c([2H])c1-c1cccc2c1-c1ccccc1C2(c1ccccc1)c1ccccc1. The van der Waals surface area contributed by atoms with Gasteiger partial charge in [-0.1, -0.05) is 238 Å². The first-order valence-electron chi connectivity index (χ1n) is 27.1. The van der Waals surface area contributed by atoms with E-state index in [2.05, 4.69) is 226 Å². The van der Waals surface area contributed by atoms with Crippen LogP contribution in [0, 0.1) is 0 Å². The van der Waals surface area contributed by atoms with Crippen LogP contribution in [-0.2, 0) is 16.2 Å². The fourth-order valence-electron chi connectivity index (χ4n) is 13.7. The molecule has 72 heavy (non-hydrogen) atoms. The third-order valence-electron chi connectivity index (χ3n) is 16.7. The van der Waals surface area contributed by atoms with Crippen molar-refractivity contribution in [3.8, 4) is 55.6 Å². The van der Waals surface area contributed by atoms with Gasteiger partial charge in [-0.15, -0.1) is 0 Å². The van der Waals surface area contributed by atoms with Crippen LogP contribution in [-0.4, -0.2) is 0 Å². The van der Waals surface area contributed by atoms with E-state index >= 15 is 0 Å². The minimum atomic E-state index is -0.703. The second-order valence-electron chi connectivity index (χ2n) is 20.3. The summed E-state index contributed by atoms with van der Waals surface area (Å²) in [5, 5.41) is 0. The molecule has 1 spiro atoms. The molecule has 0 aliphatic heterocycles. The molecule has 0 heterocycles. The molecule has 0 bridgehead atoms. The largest absolute Gasteiger partial charge is 0.310 e. The van der Waals surface area contributed by atoms with Gasteiger partial charge in [-0.3, -0.25) is 0 Å². The van der Waals surface area contributed by atoms with Gasteiger partial charge in [0.25, 0.3) is 0 Å². The maximum Gasteiger partial charge on any atom is 0.0726 e. The van der Waals surface area contributed by atoms with Gasteiger partial charge in [-0.05, 0) is 148 Å². The lowest BCUT2D eigenvalue weighted by Crippen LogP contribution is -2.28. The molecule has 0 fully saturated rings. The van der Waals surface area contributed by atoms with Crippen LogP contribution in [0.4, 0.5) is 17.1 Å². The number of rotatable bonds is 6. The van der Waals surface area contributed by atoms with E-state index in [4.69, 9.17) is 0 Å². The van der Waals surface area contributed by atoms with Crippen molar-refractivity contribution in [1.82, 2.24) is 0 Å². The van der Waals surface area contributed by atoms with Crippen LogP contribution in [0.15, 0.2) is 261 Å². The molecule has 338 valence electrons. The maximum atomic E-state index is 10.4. The minimum absolute atomic E-state index is 0.0959. The summed E-state index contributed by atoms with van der Waals surface area (Å²) < 4.78 is 41.2. The molecule has 0 amide bonds. The number of fused-ring (bicyclic) bond motifs is 16. The van der Waals surface area contributed by atoms with Crippen LogP contribution in [0.3, 0.4) is 0 Å². The van der Waals surface area contributed by atoms with Gasteiger partial charge in [0.1, 0.15) is 0 Å². The van der Waals surface area contributed by atoms with Crippen molar-refractivity contribution < 1.29 is 5.48 Å². The highest BCUT2D eigenvalue weighted by molar-refractivity contribution is 5.98. The molecular weight excluding hydrogens is 867 g/mol. The van der Waals surface area contributed by atoms with Gasteiger partial charge >= 0.3 is 0 Å². The Balaban J connectivity index is 0.988. The van der Waals surface area contributed by atoms with Crippen LogP contribution in [0.1, 0.15) is 75.0 Å². The highest BCUT2D eigenvalue weighted by atomic mass is 15.1. The Morgan fingerprint density at radius 3 is 1.22 bits per heavy atom. The van der Waals surface area contributed by atoms with E-state index in [0.29, 0.717) is 5.56 Å². The maximum absolute atomic E-state index is 10.4. The number of nitrogens with zero attached hydrogens (tertiary/aromatic N) is 1.